The van der Waals surface area contributed by atoms with E-state index in [0.29, 0.717) is 0 Å². The lowest BCUT2D eigenvalue weighted by Crippen LogP contribution is -2.32. The van der Waals surface area contributed by atoms with Gasteiger partial charge < -0.3 is 4.74 Å². The Morgan fingerprint density at radius 3 is 1.92 bits per heavy atom. The van der Waals surface area contributed by atoms with E-state index in [1.54, 1.807) is 0 Å². The lowest BCUT2D eigenvalue weighted by Gasteiger charge is -2.33. The van der Waals surface area contributed by atoms with Crippen molar-refractivity contribution in [1.29, 1.82) is 0 Å². The molecular formula is C12H20O. The first-order chi connectivity index (χ1) is 6.02. The summed E-state index contributed by atoms with van der Waals surface area (Å²) in [5.74, 6) is 0. The van der Waals surface area contributed by atoms with E-state index in [-0.39, 0.29) is 11.2 Å². The van der Waals surface area contributed by atoms with E-state index in [1.165, 1.54) is 31.3 Å². The van der Waals surface area contributed by atoms with Crippen molar-refractivity contribution in [2.75, 3.05) is 0 Å². The van der Waals surface area contributed by atoms with Crippen LogP contribution in [0, 0.1) is 0 Å². The Hall–Kier alpha value is -0.300. The van der Waals surface area contributed by atoms with Crippen LogP contribution in [-0.2, 0) is 4.74 Å². The molecule has 0 aromatic rings. The maximum Gasteiger partial charge on any atom is 0.0666 e. The SMILES string of the molecule is C=C1CCC2(C)CCC(C)(CC1)O2. The second kappa shape index (κ2) is 2.84. The molecule has 2 bridgehead atoms. The molecule has 0 N–H and O–H groups in total. The van der Waals surface area contributed by atoms with Gasteiger partial charge in [-0.3, -0.25) is 0 Å². The van der Waals surface area contributed by atoms with Crippen LogP contribution in [0.4, 0.5) is 0 Å². The largest absolute Gasteiger partial charge is 0.369 e. The van der Waals surface area contributed by atoms with Gasteiger partial charge in [-0.15, -0.1) is 0 Å². The lowest BCUT2D eigenvalue weighted by molar-refractivity contribution is -0.0960. The van der Waals surface area contributed by atoms with Gasteiger partial charge >= 0.3 is 0 Å². The molecule has 0 aromatic heterocycles. The van der Waals surface area contributed by atoms with E-state index < -0.39 is 0 Å². The first-order valence-corrected chi connectivity index (χ1v) is 5.38. The lowest BCUT2D eigenvalue weighted by atomic mass is 9.94. The Labute approximate surface area is 81.2 Å². The first-order valence-electron chi connectivity index (χ1n) is 5.38. The predicted octanol–water partition coefficient (Wildman–Crippen LogP) is 3.44. The van der Waals surface area contributed by atoms with Crippen LogP contribution in [0.25, 0.3) is 0 Å². The summed E-state index contributed by atoms with van der Waals surface area (Å²) < 4.78 is 6.18. The third-order valence-electron chi connectivity index (χ3n) is 3.69. The minimum Gasteiger partial charge on any atom is -0.369 e. The molecule has 2 fully saturated rings. The molecule has 2 heterocycles. The first kappa shape index (κ1) is 9.26. The maximum absolute atomic E-state index is 6.18. The third kappa shape index (κ3) is 1.80. The molecule has 0 amide bonds. The van der Waals surface area contributed by atoms with Crippen molar-refractivity contribution in [1.82, 2.24) is 0 Å². The summed E-state index contributed by atoms with van der Waals surface area (Å²) in [5, 5.41) is 0. The molecule has 0 saturated carbocycles. The summed E-state index contributed by atoms with van der Waals surface area (Å²) in [6.45, 7) is 8.64. The molecule has 2 aliphatic heterocycles. The van der Waals surface area contributed by atoms with Crippen LogP contribution in [-0.4, -0.2) is 11.2 Å². The molecule has 1 heteroatoms. The van der Waals surface area contributed by atoms with Gasteiger partial charge in [0, 0.05) is 0 Å². The van der Waals surface area contributed by atoms with E-state index in [9.17, 15) is 0 Å². The van der Waals surface area contributed by atoms with Crippen LogP contribution in [0.15, 0.2) is 12.2 Å². The van der Waals surface area contributed by atoms with Crippen molar-refractivity contribution in [3.8, 4) is 0 Å². The average molecular weight is 180 g/mol. The van der Waals surface area contributed by atoms with Crippen molar-refractivity contribution in [2.24, 2.45) is 0 Å². The van der Waals surface area contributed by atoms with Crippen molar-refractivity contribution in [3.63, 3.8) is 0 Å². The zero-order valence-corrected chi connectivity index (χ0v) is 8.86. The second-order valence-electron chi connectivity index (χ2n) is 5.25. The van der Waals surface area contributed by atoms with Crippen LogP contribution in [0.2, 0.25) is 0 Å². The van der Waals surface area contributed by atoms with E-state index >= 15 is 0 Å². The summed E-state index contributed by atoms with van der Waals surface area (Å²) in [5.41, 5.74) is 1.72. The van der Waals surface area contributed by atoms with Crippen LogP contribution < -0.4 is 0 Å². The third-order valence-corrected chi connectivity index (χ3v) is 3.69. The highest BCUT2D eigenvalue weighted by atomic mass is 16.5. The molecule has 2 saturated heterocycles. The molecular weight excluding hydrogens is 160 g/mol. The summed E-state index contributed by atoms with van der Waals surface area (Å²) in [6, 6.07) is 0. The minimum absolute atomic E-state index is 0.151. The molecule has 0 aromatic carbocycles. The number of hydrogen-bond donors (Lipinski definition) is 0. The fraction of sp³-hybridized carbons (Fsp3) is 0.833. The Balaban J connectivity index is 2.16. The highest BCUT2D eigenvalue weighted by Gasteiger charge is 2.43. The molecule has 0 radical (unpaired) electrons. The fourth-order valence-electron chi connectivity index (χ4n) is 2.59. The average Bonchev–Trinajstić information content (AvgIpc) is 2.38. The van der Waals surface area contributed by atoms with E-state index in [4.69, 9.17) is 4.74 Å². The summed E-state index contributed by atoms with van der Waals surface area (Å²) in [7, 11) is 0. The van der Waals surface area contributed by atoms with Gasteiger partial charge in [0.15, 0.2) is 0 Å². The van der Waals surface area contributed by atoms with Gasteiger partial charge in [0.1, 0.15) is 0 Å². The van der Waals surface area contributed by atoms with Gasteiger partial charge in [0.2, 0.25) is 0 Å². The van der Waals surface area contributed by atoms with Gasteiger partial charge in [-0.1, -0.05) is 12.2 Å². The van der Waals surface area contributed by atoms with Crippen molar-refractivity contribution in [2.45, 2.75) is 63.6 Å². The number of ether oxygens (including phenoxy) is 1. The summed E-state index contributed by atoms with van der Waals surface area (Å²) in [6.07, 6.45) is 7.12. The molecule has 0 aliphatic carbocycles. The molecule has 0 spiro atoms. The van der Waals surface area contributed by atoms with Crippen LogP contribution >= 0.6 is 0 Å². The number of hydrogen-bond acceptors (Lipinski definition) is 1. The Morgan fingerprint density at radius 1 is 1.00 bits per heavy atom. The molecule has 1 nitrogen and oxygen atoms in total. The van der Waals surface area contributed by atoms with Crippen molar-refractivity contribution >= 4 is 0 Å². The standard InChI is InChI=1S/C12H20O/c1-10-4-6-11(2)8-9-12(3,13-11)7-5-10/h1,4-9H2,2-3H3. The Kier molecular flexibility index (Phi) is 2.03. The van der Waals surface area contributed by atoms with Gasteiger partial charge in [-0.05, 0) is 52.4 Å². The van der Waals surface area contributed by atoms with Gasteiger partial charge in [-0.25, -0.2) is 0 Å². The number of allylic oxidation sites excluding steroid dienone is 1. The highest BCUT2D eigenvalue weighted by Crippen LogP contribution is 2.45. The molecule has 2 unspecified atom stereocenters. The van der Waals surface area contributed by atoms with Crippen LogP contribution in [0.1, 0.15) is 52.4 Å². The van der Waals surface area contributed by atoms with Crippen molar-refractivity contribution < 1.29 is 4.74 Å². The maximum atomic E-state index is 6.18. The number of rotatable bonds is 0. The second-order valence-corrected chi connectivity index (χ2v) is 5.25. The van der Waals surface area contributed by atoms with Gasteiger partial charge in [0.25, 0.3) is 0 Å². The zero-order chi connectivity index (χ0) is 9.53. The smallest absolute Gasteiger partial charge is 0.0666 e. The normalized spacial score (nSPS) is 45.8. The summed E-state index contributed by atoms with van der Waals surface area (Å²) in [4.78, 5) is 0. The van der Waals surface area contributed by atoms with Gasteiger partial charge in [0.05, 0.1) is 11.2 Å². The molecule has 13 heavy (non-hydrogen) atoms. The molecule has 2 rings (SSSR count). The van der Waals surface area contributed by atoms with E-state index in [0.717, 1.165) is 12.8 Å². The Morgan fingerprint density at radius 2 is 1.46 bits per heavy atom. The van der Waals surface area contributed by atoms with E-state index in [1.807, 2.05) is 0 Å². The fourth-order valence-corrected chi connectivity index (χ4v) is 2.59. The molecule has 74 valence electrons. The quantitative estimate of drug-likeness (QED) is 0.519. The van der Waals surface area contributed by atoms with Crippen molar-refractivity contribution in [3.05, 3.63) is 12.2 Å². The highest BCUT2D eigenvalue weighted by molar-refractivity contribution is 5.04. The zero-order valence-electron chi connectivity index (χ0n) is 8.86. The monoisotopic (exact) mass is 180 g/mol. The molecule has 2 atom stereocenters. The van der Waals surface area contributed by atoms with E-state index in [2.05, 4.69) is 20.4 Å². The number of fused-ring (bicyclic) bond motifs is 2. The minimum atomic E-state index is 0.151. The molecule has 2 aliphatic rings. The topological polar surface area (TPSA) is 9.23 Å². The van der Waals surface area contributed by atoms with Crippen LogP contribution in [0.5, 0.6) is 0 Å². The Bertz CT molecular complexity index is 211. The predicted molar refractivity (Wildman–Crippen MR) is 54.7 cm³/mol. The summed E-state index contributed by atoms with van der Waals surface area (Å²) >= 11 is 0. The van der Waals surface area contributed by atoms with Crippen LogP contribution in [0.3, 0.4) is 0 Å². The van der Waals surface area contributed by atoms with Gasteiger partial charge in [-0.2, -0.15) is 0 Å².